The van der Waals surface area contributed by atoms with Crippen molar-refractivity contribution in [2.75, 3.05) is 0 Å². The summed E-state index contributed by atoms with van der Waals surface area (Å²) in [6.07, 6.45) is 4.95. The molecule has 4 nitrogen and oxygen atoms in total. The van der Waals surface area contributed by atoms with Crippen LogP contribution in [0.5, 0.6) is 0 Å². The summed E-state index contributed by atoms with van der Waals surface area (Å²) in [5.74, 6) is -0.410. The molecule has 0 spiro atoms. The second-order valence-electron chi connectivity index (χ2n) is 3.85. The van der Waals surface area contributed by atoms with Gasteiger partial charge in [-0.25, -0.2) is 9.37 Å². The lowest BCUT2D eigenvalue weighted by Gasteiger charge is -2.01. The zero-order chi connectivity index (χ0) is 12.5. The maximum Gasteiger partial charge on any atom is 0.174 e. The molecular formula is C13H10FN3O. The Balaban J connectivity index is 2.33. The number of hydrogen-bond donors (Lipinski definition) is 1. The average molecular weight is 243 g/mol. The molecule has 3 aromatic rings. The first-order chi connectivity index (χ1) is 8.81. The van der Waals surface area contributed by atoms with Gasteiger partial charge in [-0.1, -0.05) is 0 Å². The predicted molar refractivity (Wildman–Crippen MR) is 64.3 cm³/mol. The summed E-state index contributed by atoms with van der Waals surface area (Å²) < 4.78 is 15.2. The molecule has 0 unspecified atom stereocenters. The first-order valence-electron chi connectivity index (χ1n) is 5.48. The largest absolute Gasteiger partial charge is 0.390 e. The van der Waals surface area contributed by atoms with Gasteiger partial charge in [0, 0.05) is 24.2 Å². The van der Waals surface area contributed by atoms with Gasteiger partial charge < -0.3 is 5.11 Å². The molecule has 1 N–H and O–H groups in total. The second-order valence-corrected chi connectivity index (χ2v) is 3.85. The second kappa shape index (κ2) is 4.19. The Morgan fingerprint density at radius 1 is 1.22 bits per heavy atom. The first-order valence-corrected chi connectivity index (χ1v) is 5.48. The lowest BCUT2D eigenvalue weighted by Crippen LogP contribution is -1.94. The predicted octanol–water partition coefficient (Wildman–Crippen LogP) is 2.03. The van der Waals surface area contributed by atoms with E-state index < -0.39 is 5.82 Å². The molecular weight excluding hydrogens is 233 g/mol. The number of rotatable bonds is 2. The van der Waals surface area contributed by atoms with Crippen molar-refractivity contribution in [2.45, 2.75) is 6.61 Å². The molecule has 90 valence electrons. The van der Waals surface area contributed by atoms with Crippen molar-refractivity contribution >= 4 is 5.65 Å². The van der Waals surface area contributed by atoms with Gasteiger partial charge in [-0.15, -0.1) is 0 Å². The first kappa shape index (κ1) is 10.9. The van der Waals surface area contributed by atoms with Gasteiger partial charge in [0.05, 0.1) is 18.0 Å². The highest BCUT2D eigenvalue weighted by molar-refractivity contribution is 5.66. The van der Waals surface area contributed by atoms with Crippen LogP contribution in [0.1, 0.15) is 5.69 Å². The fourth-order valence-electron chi connectivity index (χ4n) is 1.98. The SMILES string of the molecule is OCc1c(-c2ccncc2)nc2c(F)cccn12. The van der Waals surface area contributed by atoms with Crippen molar-refractivity contribution in [1.82, 2.24) is 14.4 Å². The lowest BCUT2D eigenvalue weighted by atomic mass is 10.1. The van der Waals surface area contributed by atoms with E-state index in [1.807, 2.05) is 0 Å². The zero-order valence-electron chi connectivity index (χ0n) is 9.42. The molecule has 18 heavy (non-hydrogen) atoms. The number of hydrogen-bond acceptors (Lipinski definition) is 3. The number of pyridine rings is 2. The third-order valence-corrected chi connectivity index (χ3v) is 2.80. The number of imidazole rings is 1. The summed E-state index contributed by atoms with van der Waals surface area (Å²) in [7, 11) is 0. The quantitative estimate of drug-likeness (QED) is 0.749. The van der Waals surface area contributed by atoms with Crippen molar-refractivity contribution in [2.24, 2.45) is 0 Å². The third-order valence-electron chi connectivity index (χ3n) is 2.80. The van der Waals surface area contributed by atoms with Crippen molar-refractivity contribution in [3.63, 3.8) is 0 Å². The van der Waals surface area contributed by atoms with Crippen LogP contribution in [0.4, 0.5) is 4.39 Å². The molecule has 0 aliphatic heterocycles. The van der Waals surface area contributed by atoms with Gasteiger partial charge in [-0.2, -0.15) is 0 Å². The van der Waals surface area contributed by atoms with E-state index in [1.54, 1.807) is 41.2 Å². The fraction of sp³-hybridized carbons (Fsp3) is 0.0769. The monoisotopic (exact) mass is 243 g/mol. The third kappa shape index (κ3) is 1.56. The van der Waals surface area contributed by atoms with Crippen LogP contribution in [-0.2, 0) is 6.61 Å². The number of aromatic nitrogens is 3. The highest BCUT2D eigenvalue weighted by Gasteiger charge is 2.15. The summed E-state index contributed by atoms with van der Waals surface area (Å²) in [5, 5.41) is 9.46. The van der Waals surface area contributed by atoms with Crippen LogP contribution in [0.15, 0.2) is 42.9 Å². The van der Waals surface area contributed by atoms with Crippen molar-refractivity contribution in [3.8, 4) is 11.3 Å². The fourth-order valence-corrected chi connectivity index (χ4v) is 1.98. The molecule has 3 rings (SSSR count). The van der Waals surface area contributed by atoms with Crippen LogP contribution in [0, 0.1) is 5.82 Å². The highest BCUT2D eigenvalue weighted by Crippen LogP contribution is 2.24. The van der Waals surface area contributed by atoms with E-state index in [4.69, 9.17) is 0 Å². The van der Waals surface area contributed by atoms with Gasteiger partial charge in [0.15, 0.2) is 11.5 Å². The molecule has 0 radical (unpaired) electrons. The summed E-state index contributed by atoms with van der Waals surface area (Å²) in [6, 6.07) is 6.48. The Kier molecular flexibility index (Phi) is 2.53. The minimum Gasteiger partial charge on any atom is -0.390 e. The summed E-state index contributed by atoms with van der Waals surface area (Å²) in [5.41, 5.74) is 2.16. The molecule has 5 heteroatoms. The van der Waals surface area contributed by atoms with E-state index in [9.17, 15) is 9.50 Å². The smallest absolute Gasteiger partial charge is 0.174 e. The van der Waals surface area contributed by atoms with Gasteiger partial charge in [0.1, 0.15) is 0 Å². The zero-order valence-corrected chi connectivity index (χ0v) is 9.42. The van der Waals surface area contributed by atoms with E-state index in [2.05, 4.69) is 9.97 Å². The lowest BCUT2D eigenvalue weighted by molar-refractivity contribution is 0.276. The molecule has 0 aliphatic rings. The summed E-state index contributed by atoms with van der Waals surface area (Å²) in [4.78, 5) is 8.18. The van der Waals surface area contributed by atoms with Crippen LogP contribution < -0.4 is 0 Å². The average Bonchev–Trinajstić information content (AvgIpc) is 2.80. The normalized spacial score (nSPS) is 11.0. The number of halogens is 1. The maximum absolute atomic E-state index is 13.7. The Morgan fingerprint density at radius 2 is 2.00 bits per heavy atom. The van der Waals surface area contributed by atoms with Gasteiger partial charge in [-0.05, 0) is 24.3 Å². The molecule has 0 bridgehead atoms. The standard InChI is InChI=1S/C13H10FN3O/c14-10-2-1-7-17-11(8-18)12(16-13(10)17)9-3-5-15-6-4-9/h1-7,18H,8H2. The van der Waals surface area contributed by atoms with Crippen LogP contribution in [-0.4, -0.2) is 19.5 Å². The van der Waals surface area contributed by atoms with E-state index in [0.717, 1.165) is 5.56 Å². The van der Waals surface area contributed by atoms with E-state index >= 15 is 0 Å². The number of aliphatic hydroxyl groups is 1. The maximum atomic E-state index is 13.7. The minimum absolute atomic E-state index is 0.206. The minimum atomic E-state index is -0.410. The summed E-state index contributed by atoms with van der Waals surface area (Å²) in [6.45, 7) is -0.206. The number of nitrogens with zero attached hydrogens (tertiary/aromatic N) is 3. The molecule has 0 aliphatic carbocycles. The molecule has 0 atom stereocenters. The topological polar surface area (TPSA) is 50.4 Å². The van der Waals surface area contributed by atoms with Crippen LogP contribution in [0.2, 0.25) is 0 Å². The Morgan fingerprint density at radius 3 is 2.72 bits per heavy atom. The molecule has 0 saturated carbocycles. The molecule has 3 heterocycles. The van der Waals surface area contributed by atoms with E-state index in [0.29, 0.717) is 11.4 Å². The summed E-state index contributed by atoms with van der Waals surface area (Å²) >= 11 is 0. The Hall–Kier alpha value is -2.27. The van der Waals surface area contributed by atoms with E-state index in [1.165, 1.54) is 6.07 Å². The van der Waals surface area contributed by atoms with Gasteiger partial charge >= 0.3 is 0 Å². The highest BCUT2D eigenvalue weighted by atomic mass is 19.1. The molecule has 3 aromatic heterocycles. The van der Waals surface area contributed by atoms with Crippen molar-refractivity contribution < 1.29 is 9.50 Å². The van der Waals surface area contributed by atoms with Crippen molar-refractivity contribution in [1.29, 1.82) is 0 Å². The van der Waals surface area contributed by atoms with Crippen LogP contribution in [0.3, 0.4) is 0 Å². The molecule has 0 fully saturated rings. The van der Waals surface area contributed by atoms with Crippen LogP contribution in [0.25, 0.3) is 16.9 Å². The van der Waals surface area contributed by atoms with Crippen molar-refractivity contribution in [3.05, 3.63) is 54.4 Å². The Bertz CT molecular complexity index is 694. The molecule has 0 amide bonds. The van der Waals surface area contributed by atoms with E-state index in [-0.39, 0.29) is 12.3 Å². The molecule has 0 saturated heterocycles. The van der Waals surface area contributed by atoms with Gasteiger partial charge in [0.25, 0.3) is 0 Å². The molecule has 0 aromatic carbocycles. The number of fused-ring (bicyclic) bond motifs is 1. The van der Waals surface area contributed by atoms with Gasteiger partial charge in [0.2, 0.25) is 0 Å². The van der Waals surface area contributed by atoms with Gasteiger partial charge in [-0.3, -0.25) is 9.38 Å². The number of aliphatic hydroxyl groups excluding tert-OH is 1. The Labute approximate surface area is 102 Å². The van der Waals surface area contributed by atoms with Crippen LogP contribution >= 0.6 is 0 Å².